The molecule has 3 heterocycles. The van der Waals surface area contributed by atoms with Crippen LogP contribution in [-0.4, -0.2) is 0 Å². The molecule has 1 aliphatic rings. The van der Waals surface area contributed by atoms with Gasteiger partial charge in [0.25, 0.3) is 0 Å². The van der Waals surface area contributed by atoms with Gasteiger partial charge in [-0.25, -0.2) is 0 Å². The highest BCUT2D eigenvalue weighted by molar-refractivity contribution is 7.99. The molecule has 3 heteroatoms. The molecule has 0 N–H and O–H groups in total. The molecule has 1 nitrogen and oxygen atoms in total. The van der Waals surface area contributed by atoms with Crippen LogP contribution in [0.15, 0.2) is 148 Å². The van der Waals surface area contributed by atoms with Crippen LogP contribution in [0.2, 0.25) is 0 Å². The number of rotatable bonds is 2. The number of para-hydroxylation sites is 1. The molecule has 0 aliphatic carbocycles. The number of fused-ring (bicyclic) bond motifs is 8. The lowest BCUT2D eigenvalue weighted by atomic mass is 9.94. The second-order valence-electron chi connectivity index (χ2n) is 11.3. The molecule has 0 amide bonds. The van der Waals surface area contributed by atoms with Crippen LogP contribution in [0.5, 0.6) is 0 Å². The molecule has 43 heavy (non-hydrogen) atoms. The van der Waals surface area contributed by atoms with Gasteiger partial charge in [0, 0.05) is 46.1 Å². The zero-order valence-electron chi connectivity index (χ0n) is 22.9. The van der Waals surface area contributed by atoms with Crippen molar-refractivity contribution < 1.29 is 4.42 Å². The molecule has 0 radical (unpaired) electrons. The highest BCUT2D eigenvalue weighted by atomic mass is 32.2. The Balaban J connectivity index is 1.10. The van der Waals surface area contributed by atoms with Gasteiger partial charge >= 0.3 is 0 Å². The summed E-state index contributed by atoms with van der Waals surface area (Å²) in [6.45, 7) is 0. The summed E-state index contributed by atoms with van der Waals surface area (Å²) >= 11 is 3.76. The highest BCUT2D eigenvalue weighted by Crippen LogP contribution is 2.49. The summed E-state index contributed by atoms with van der Waals surface area (Å²) in [4.78, 5) is 2.67. The lowest BCUT2D eigenvalue weighted by Gasteiger charge is -2.21. The van der Waals surface area contributed by atoms with E-state index in [2.05, 4.69) is 121 Å². The van der Waals surface area contributed by atoms with Gasteiger partial charge in [-0.2, -0.15) is 0 Å². The van der Waals surface area contributed by atoms with E-state index in [1.807, 2.05) is 35.2 Å². The molecule has 0 bridgehead atoms. The standard InChI is InChI=1S/C40H22OS2/c1-2-11-33-31(8-1)40-27(9-5-12-34(40)41-33)26-15-18-29-28-17-14-25(21-37(28)43-38(29)22-26)24-16-19-35-32(20-24)30-10-3-6-23-7-4-13-36(42-35)39(23)30/h1-22H. The number of furan rings is 1. The molecule has 0 atom stereocenters. The van der Waals surface area contributed by atoms with E-state index in [9.17, 15) is 0 Å². The number of hydrogen-bond acceptors (Lipinski definition) is 3. The molecule has 0 fully saturated rings. The van der Waals surface area contributed by atoms with Crippen LogP contribution in [-0.2, 0) is 0 Å². The van der Waals surface area contributed by atoms with Crippen LogP contribution < -0.4 is 0 Å². The van der Waals surface area contributed by atoms with Crippen molar-refractivity contribution in [3.63, 3.8) is 0 Å². The summed E-state index contributed by atoms with van der Waals surface area (Å²) in [6.07, 6.45) is 0. The third kappa shape index (κ3) is 3.47. The predicted molar refractivity (Wildman–Crippen MR) is 185 cm³/mol. The summed E-state index contributed by atoms with van der Waals surface area (Å²) < 4.78 is 8.80. The minimum atomic E-state index is 0.932. The van der Waals surface area contributed by atoms with E-state index < -0.39 is 0 Å². The first-order valence-corrected chi connectivity index (χ1v) is 16.1. The van der Waals surface area contributed by atoms with Crippen molar-refractivity contribution >= 4 is 76.0 Å². The largest absolute Gasteiger partial charge is 0.456 e. The topological polar surface area (TPSA) is 13.1 Å². The smallest absolute Gasteiger partial charge is 0.136 e. The van der Waals surface area contributed by atoms with Gasteiger partial charge in [-0.15, -0.1) is 11.3 Å². The van der Waals surface area contributed by atoms with Crippen molar-refractivity contribution in [1.82, 2.24) is 0 Å². The zero-order chi connectivity index (χ0) is 28.1. The Labute approximate surface area is 256 Å². The number of hydrogen-bond donors (Lipinski definition) is 0. The summed E-state index contributed by atoms with van der Waals surface area (Å²) in [7, 11) is 0. The summed E-state index contributed by atoms with van der Waals surface area (Å²) in [6, 6.07) is 48.8. The average Bonchev–Trinajstić information content (AvgIpc) is 3.62. The third-order valence-electron chi connectivity index (χ3n) is 8.88. The van der Waals surface area contributed by atoms with E-state index in [1.54, 1.807) is 0 Å². The van der Waals surface area contributed by atoms with Gasteiger partial charge in [-0.1, -0.05) is 103 Å². The van der Waals surface area contributed by atoms with Gasteiger partial charge in [0.15, 0.2) is 0 Å². The summed E-state index contributed by atoms with van der Waals surface area (Å²) in [5, 5.41) is 7.65. The molecule has 0 saturated carbocycles. The van der Waals surface area contributed by atoms with Crippen LogP contribution >= 0.6 is 23.1 Å². The Morgan fingerprint density at radius 3 is 2.02 bits per heavy atom. The maximum absolute atomic E-state index is 6.17. The normalized spacial score (nSPS) is 12.6. The SMILES string of the molecule is c1cc2c3c(cccc3c1)-c1cc(-c3ccc4c(c3)sc3cc(-c5cccc6oc7ccccc7c56)ccc34)ccc1S2. The molecule has 10 rings (SSSR count). The van der Waals surface area contributed by atoms with Crippen molar-refractivity contribution in [3.8, 4) is 33.4 Å². The second-order valence-corrected chi connectivity index (χ2v) is 13.4. The Morgan fingerprint density at radius 2 is 1.12 bits per heavy atom. The molecule has 2 aromatic heterocycles. The molecule has 9 aromatic rings. The van der Waals surface area contributed by atoms with Crippen LogP contribution in [0.3, 0.4) is 0 Å². The highest BCUT2D eigenvalue weighted by Gasteiger charge is 2.20. The molecule has 0 unspecified atom stereocenters. The van der Waals surface area contributed by atoms with Crippen molar-refractivity contribution in [1.29, 1.82) is 0 Å². The van der Waals surface area contributed by atoms with E-state index in [0.29, 0.717) is 0 Å². The van der Waals surface area contributed by atoms with Crippen molar-refractivity contribution in [2.24, 2.45) is 0 Å². The van der Waals surface area contributed by atoms with Gasteiger partial charge in [0.1, 0.15) is 11.2 Å². The Kier molecular flexibility index (Phi) is 4.87. The summed E-state index contributed by atoms with van der Waals surface area (Å²) in [5.74, 6) is 0. The van der Waals surface area contributed by atoms with Crippen LogP contribution in [0.1, 0.15) is 0 Å². The Hall–Kier alpha value is -4.83. The van der Waals surface area contributed by atoms with Gasteiger partial charge in [-0.05, 0) is 81.2 Å². The predicted octanol–water partition coefficient (Wildman–Crippen LogP) is 12.6. The first-order valence-electron chi connectivity index (χ1n) is 14.5. The molecular formula is C40H22OS2. The first kappa shape index (κ1) is 23.7. The van der Waals surface area contributed by atoms with Crippen LogP contribution in [0.4, 0.5) is 0 Å². The lowest BCUT2D eigenvalue weighted by molar-refractivity contribution is 0.669. The lowest BCUT2D eigenvalue weighted by Crippen LogP contribution is -1.93. The monoisotopic (exact) mass is 582 g/mol. The van der Waals surface area contributed by atoms with Crippen molar-refractivity contribution in [2.75, 3.05) is 0 Å². The number of benzene rings is 7. The van der Waals surface area contributed by atoms with Crippen molar-refractivity contribution in [2.45, 2.75) is 9.79 Å². The quantitative estimate of drug-likeness (QED) is 0.201. The molecule has 1 aliphatic heterocycles. The molecule has 200 valence electrons. The van der Waals surface area contributed by atoms with E-state index in [1.165, 1.54) is 79.5 Å². The second kappa shape index (κ2) is 8.84. The molecule has 0 saturated heterocycles. The summed E-state index contributed by atoms with van der Waals surface area (Å²) in [5.41, 5.74) is 9.48. The van der Waals surface area contributed by atoms with E-state index >= 15 is 0 Å². The minimum absolute atomic E-state index is 0.932. The Bertz CT molecular complexity index is 2600. The Morgan fingerprint density at radius 1 is 0.419 bits per heavy atom. The van der Waals surface area contributed by atoms with E-state index in [0.717, 1.165) is 16.6 Å². The third-order valence-corrected chi connectivity index (χ3v) is 11.1. The van der Waals surface area contributed by atoms with Gasteiger partial charge < -0.3 is 4.42 Å². The van der Waals surface area contributed by atoms with Gasteiger partial charge in [-0.3, -0.25) is 0 Å². The maximum atomic E-state index is 6.17. The van der Waals surface area contributed by atoms with Crippen LogP contribution in [0.25, 0.3) is 86.3 Å². The first-order chi connectivity index (χ1) is 21.3. The van der Waals surface area contributed by atoms with E-state index in [4.69, 9.17) is 4.42 Å². The fourth-order valence-electron chi connectivity index (χ4n) is 6.88. The number of thiophene rings is 1. The molecular weight excluding hydrogens is 561 g/mol. The fourth-order valence-corrected chi connectivity index (χ4v) is 9.20. The van der Waals surface area contributed by atoms with Gasteiger partial charge in [0.2, 0.25) is 0 Å². The average molecular weight is 583 g/mol. The fraction of sp³-hybridized carbons (Fsp3) is 0. The van der Waals surface area contributed by atoms with Gasteiger partial charge in [0.05, 0.1) is 0 Å². The molecule has 7 aromatic carbocycles. The molecule has 0 spiro atoms. The zero-order valence-corrected chi connectivity index (χ0v) is 24.6. The minimum Gasteiger partial charge on any atom is -0.456 e. The van der Waals surface area contributed by atoms with Crippen molar-refractivity contribution in [3.05, 3.63) is 133 Å². The maximum Gasteiger partial charge on any atom is 0.136 e. The van der Waals surface area contributed by atoms with E-state index in [-0.39, 0.29) is 0 Å². The van der Waals surface area contributed by atoms with Crippen LogP contribution in [0, 0.1) is 0 Å².